The molecule has 2 N–H and O–H groups in total. The number of nitrogens with zero attached hydrogens (tertiary/aromatic N) is 2. The van der Waals surface area contributed by atoms with Crippen molar-refractivity contribution in [3.8, 4) is 5.75 Å². The van der Waals surface area contributed by atoms with Gasteiger partial charge in [-0.2, -0.15) is 0 Å². The topological polar surface area (TPSA) is 83.0 Å². The zero-order valence-corrected chi connectivity index (χ0v) is 18.3. The average Bonchev–Trinajstić information content (AvgIpc) is 2.69. The van der Waals surface area contributed by atoms with Gasteiger partial charge in [0.1, 0.15) is 5.75 Å². The lowest BCUT2D eigenvalue weighted by molar-refractivity contribution is 0.306. The third-order valence-corrected chi connectivity index (χ3v) is 6.74. The Bertz CT molecular complexity index is 757. The van der Waals surface area contributed by atoms with Crippen LogP contribution in [0.4, 0.5) is 0 Å². The highest BCUT2D eigenvalue weighted by Gasteiger charge is 2.26. The number of benzene rings is 1. The molecule has 0 unspecified atom stereocenters. The summed E-state index contributed by atoms with van der Waals surface area (Å²) in [6, 6.07) is 6.36. The largest absolute Gasteiger partial charge is 0.494 e. The molecular weight excluding hydrogens is 376 g/mol. The monoisotopic (exact) mass is 410 g/mol. The number of sulfonamides is 1. The quantitative estimate of drug-likeness (QED) is 0.507. The van der Waals surface area contributed by atoms with Gasteiger partial charge in [-0.15, -0.1) is 0 Å². The lowest BCUT2D eigenvalue weighted by Crippen LogP contribution is -2.50. The molecule has 0 atom stereocenters. The van der Waals surface area contributed by atoms with Crippen molar-refractivity contribution in [1.82, 2.24) is 14.9 Å². The number of ether oxygens (including phenoxy) is 1. The Hall–Kier alpha value is -1.80. The number of guanidine groups is 1. The van der Waals surface area contributed by atoms with Crippen LogP contribution in [0.5, 0.6) is 5.75 Å². The fourth-order valence-corrected chi connectivity index (χ4v) is 4.40. The maximum Gasteiger partial charge on any atom is 0.213 e. The van der Waals surface area contributed by atoms with E-state index in [-0.39, 0.29) is 11.8 Å². The molecule has 0 radical (unpaired) electrons. The van der Waals surface area contributed by atoms with E-state index in [4.69, 9.17) is 9.73 Å². The fourth-order valence-electron chi connectivity index (χ4n) is 3.27. The Labute approximate surface area is 169 Å². The van der Waals surface area contributed by atoms with Crippen LogP contribution < -0.4 is 15.4 Å². The molecule has 7 nitrogen and oxygen atoms in total. The van der Waals surface area contributed by atoms with Crippen LogP contribution in [0.3, 0.4) is 0 Å². The van der Waals surface area contributed by atoms with Crippen molar-refractivity contribution in [2.75, 3.05) is 32.0 Å². The van der Waals surface area contributed by atoms with Crippen molar-refractivity contribution in [1.29, 1.82) is 0 Å². The first kappa shape index (κ1) is 22.5. The molecule has 1 aromatic rings. The van der Waals surface area contributed by atoms with Gasteiger partial charge >= 0.3 is 0 Å². The van der Waals surface area contributed by atoms with Crippen LogP contribution in [0.25, 0.3) is 0 Å². The molecule has 158 valence electrons. The number of hydrogen-bond donors (Lipinski definition) is 2. The van der Waals surface area contributed by atoms with E-state index in [1.807, 2.05) is 32.9 Å². The molecule has 1 aliphatic heterocycles. The van der Waals surface area contributed by atoms with Gasteiger partial charge in [0, 0.05) is 25.7 Å². The summed E-state index contributed by atoms with van der Waals surface area (Å²) in [4.78, 5) is 4.70. The second-order valence-corrected chi connectivity index (χ2v) is 9.20. The Kier molecular flexibility index (Phi) is 8.57. The zero-order valence-electron chi connectivity index (χ0n) is 17.5. The molecule has 0 aliphatic carbocycles. The number of nitrogens with one attached hydrogen (secondary N) is 2. The summed E-state index contributed by atoms with van der Waals surface area (Å²) in [6.07, 6.45) is 1.57. The van der Waals surface area contributed by atoms with Crippen molar-refractivity contribution in [3.05, 3.63) is 29.3 Å². The summed E-state index contributed by atoms with van der Waals surface area (Å²) < 4.78 is 31.2. The fraction of sp³-hybridized carbons (Fsp3) is 0.650. The molecule has 1 aromatic carbocycles. The van der Waals surface area contributed by atoms with Gasteiger partial charge in [-0.3, -0.25) is 0 Å². The van der Waals surface area contributed by atoms with E-state index in [1.165, 1.54) is 0 Å². The van der Waals surface area contributed by atoms with E-state index in [2.05, 4.69) is 16.7 Å². The molecule has 0 bridgehead atoms. The second-order valence-electron chi connectivity index (χ2n) is 6.95. The molecule has 0 spiro atoms. The van der Waals surface area contributed by atoms with E-state index < -0.39 is 10.0 Å². The summed E-state index contributed by atoms with van der Waals surface area (Å²) in [5, 5.41) is 6.74. The first-order valence-electron chi connectivity index (χ1n) is 10.1. The molecule has 0 saturated carbocycles. The summed E-state index contributed by atoms with van der Waals surface area (Å²) in [5.41, 5.74) is 2.24. The van der Waals surface area contributed by atoms with Crippen LogP contribution in [0.2, 0.25) is 0 Å². The summed E-state index contributed by atoms with van der Waals surface area (Å²) >= 11 is 0. The SMILES string of the molecule is CCNC(=NCc1ccc(OCC)c(C)c1)NC1CCN(S(=O)(=O)CC)CC1. The van der Waals surface area contributed by atoms with Crippen LogP contribution in [-0.4, -0.2) is 56.7 Å². The van der Waals surface area contributed by atoms with Gasteiger partial charge in [0.15, 0.2) is 5.96 Å². The van der Waals surface area contributed by atoms with E-state index in [1.54, 1.807) is 11.2 Å². The molecule has 1 heterocycles. The highest BCUT2D eigenvalue weighted by Crippen LogP contribution is 2.19. The van der Waals surface area contributed by atoms with Gasteiger partial charge in [-0.05, 0) is 57.7 Å². The molecule has 1 aliphatic rings. The molecule has 28 heavy (non-hydrogen) atoms. The van der Waals surface area contributed by atoms with Crippen LogP contribution >= 0.6 is 0 Å². The maximum absolute atomic E-state index is 12.0. The molecule has 2 rings (SSSR count). The minimum Gasteiger partial charge on any atom is -0.494 e. The molecule has 0 aromatic heterocycles. The molecular formula is C20H34N4O3S. The highest BCUT2D eigenvalue weighted by atomic mass is 32.2. The summed E-state index contributed by atoms with van der Waals surface area (Å²) in [6.45, 7) is 10.9. The number of aryl methyl sites for hydroxylation is 1. The predicted octanol–water partition coefficient (Wildman–Crippen LogP) is 2.26. The molecule has 1 fully saturated rings. The summed E-state index contributed by atoms with van der Waals surface area (Å²) in [7, 11) is -3.09. The Morgan fingerprint density at radius 2 is 1.96 bits per heavy atom. The minimum atomic E-state index is -3.09. The number of aliphatic imine (C=N–C) groups is 1. The second kappa shape index (κ2) is 10.7. The van der Waals surface area contributed by atoms with Gasteiger partial charge in [0.2, 0.25) is 10.0 Å². The first-order valence-corrected chi connectivity index (χ1v) is 11.8. The molecule has 0 amide bonds. The van der Waals surface area contributed by atoms with Gasteiger partial charge in [0.25, 0.3) is 0 Å². The standard InChI is InChI=1S/C20H34N4O3S/c1-5-21-20(22-15-17-8-9-19(27-6-2)16(4)14-17)23-18-10-12-24(13-11-18)28(25,26)7-3/h8-9,14,18H,5-7,10-13,15H2,1-4H3,(H2,21,22,23). The predicted molar refractivity (Wildman–Crippen MR) is 114 cm³/mol. The maximum atomic E-state index is 12.0. The average molecular weight is 411 g/mol. The van der Waals surface area contributed by atoms with E-state index >= 15 is 0 Å². The van der Waals surface area contributed by atoms with E-state index in [9.17, 15) is 8.42 Å². The summed E-state index contributed by atoms with van der Waals surface area (Å²) in [5.74, 6) is 1.84. The van der Waals surface area contributed by atoms with Gasteiger partial charge in [-0.25, -0.2) is 17.7 Å². The Morgan fingerprint density at radius 3 is 2.54 bits per heavy atom. The van der Waals surface area contributed by atoms with E-state index in [0.29, 0.717) is 26.2 Å². The van der Waals surface area contributed by atoms with Crippen LogP contribution in [0.15, 0.2) is 23.2 Å². The zero-order chi connectivity index (χ0) is 20.6. The number of hydrogen-bond acceptors (Lipinski definition) is 4. The highest BCUT2D eigenvalue weighted by molar-refractivity contribution is 7.89. The number of piperidine rings is 1. The first-order chi connectivity index (χ1) is 13.4. The van der Waals surface area contributed by atoms with Gasteiger partial charge in [-0.1, -0.05) is 12.1 Å². The van der Waals surface area contributed by atoms with Crippen molar-refractivity contribution in [3.63, 3.8) is 0 Å². The molecule has 1 saturated heterocycles. The smallest absolute Gasteiger partial charge is 0.213 e. The van der Waals surface area contributed by atoms with Crippen molar-refractivity contribution in [2.45, 2.75) is 53.1 Å². The van der Waals surface area contributed by atoms with Crippen LogP contribution in [0.1, 0.15) is 44.7 Å². The van der Waals surface area contributed by atoms with Crippen molar-refractivity contribution in [2.24, 2.45) is 4.99 Å². The van der Waals surface area contributed by atoms with Gasteiger partial charge < -0.3 is 15.4 Å². The lowest BCUT2D eigenvalue weighted by Gasteiger charge is -2.32. The Morgan fingerprint density at radius 1 is 1.25 bits per heavy atom. The van der Waals surface area contributed by atoms with E-state index in [0.717, 1.165) is 42.2 Å². The van der Waals surface area contributed by atoms with Crippen LogP contribution in [0, 0.1) is 6.92 Å². The number of rotatable bonds is 8. The van der Waals surface area contributed by atoms with Crippen LogP contribution in [-0.2, 0) is 16.6 Å². The van der Waals surface area contributed by atoms with Gasteiger partial charge in [0.05, 0.1) is 18.9 Å². The van der Waals surface area contributed by atoms with Crippen molar-refractivity contribution >= 4 is 16.0 Å². The minimum absolute atomic E-state index is 0.163. The lowest BCUT2D eigenvalue weighted by atomic mass is 10.1. The van der Waals surface area contributed by atoms with Crippen molar-refractivity contribution < 1.29 is 13.2 Å². The Balaban J connectivity index is 1.95. The normalized spacial score (nSPS) is 16.8. The third-order valence-electron chi connectivity index (χ3n) is 4.86. The third kappa shape index (κ3) is 6.38. The molecule has 8 heteroatoms.